The number of alkyl halides is 3. The molecule has 0 fully saturated rings. The summed E-state index contributed by atoms with van der Waals surface area (Å²) in [6.45, 7) is 3.84. The van der Waals surface area contributed by atoms with E-state index in [-0.39, 0.29) is 23.1 Å². The smallest absolute Gasteiger partial charge is 0.406 e. The molecule has 0 saturated heterocycles. The first-order valence-corrected chi connectivity index (χ1v) is 9.74. The normalized spacial score (nSPS) is 13.1. The number of hydrogen-bond donors (Lipinski definition) is 3. The maximum atomic E-state index is 12.8. The van der Waals surface area contributed by atoms with Gasteiger partial charge in [0.15, 0.2) is 5.82 Å². The number of aromatic nitrogens is 2. The van der Waals surface area contributed by atoms with Crippen LogP contribution in [0.4, 0.5) is 24.7 Å². The highest BCUT2D eigenvalue weighted by molar-refractivity contribution is 5.99. The number of nitrogen functional groups attached to an aromatic ring is 1. The first-order chi connectivity index (χ1) is 15.6. The maximum absolute atomic E-state index is 12.8. The number of rotatable bonds is 5. The van der Waals surface area contributed by atoms with Crippen molar-refractivity contribution in [3.05, 3.63) is 66.4 Å². The van der Waals surface area contributed by atoms with Crippen LogP contribution in [0.5, 0.6) is 5.75 Å². The van der Waals surface area contributed by atoms with Gasteiger partial charge in [0.25, 0.3) is 5.91 Å². The molecule has 1 aliphatic rings. The summed E-state index contributed by atoms with van der Waals surface area (Å²) in [5.41, 5.74) is 8.98. The van der Waals surface area contributed by atoms with Gasteiger partial charge in [0.2, 0.25) is 5.91 Å². The molecule has 170 valence electrons. The van der Waals surface area contributed by atoms with E-state index >= 15 is 0 Å². The lowest BCUT2D eigenvalue weighted by Gasteiger charge is -2.17. The Morgan fingerprint density at radius 1 is 1.24 bits per heavy atom. The number of fused-ring (bicyclic) bond motifs is 1. The lowest BCUT2D eigenvalue weighted by Crippen LogP contribution is -2.31. The molecule has 2 aromatic carbocycles. The molecule has 0 radical (unpaired) electrons. The van der Waals surface area contributed by atoms with Gasteiger partial charge in [-0.1, -0.05) is 18.7 Å². The summed E-state index contributed by atoms with van der Waals surface area (Å²) in [5.74, 6) is -1.17. The number of nitrogens with zero attached hydrogens (tertiary/aromatic N) is 2. The van der Waals surface area contributed by atoms with Gasteiger partial charge in [0, 0.05) is 41.7 Å². The van der Waals surface area contributed by atoms with Gasteiger partial charge in [-0.2, -0.15) is 5.10 Å². The van der Waals surface area contributed by atoms with Gasteiger partial charge in [-0.05, 0) is 35.8 Å². The van der Waals surface area contributed by atoms with Crippen molar-refractivity contribution in [1.82, 2.24) is 15.1 Å². The molecule has 0 unspecified atom stereocenters. The first kappa shape index (κ1) is 21.9. The van der Waals surface area contributed by atoms with Crippen LogP contribution >= 0.6 is 0 Å². The van der Waals surface area contributed by atoms with Crippen molar-refractivity contribution >= 4 is 23.3 Å². The average Bonchev–Trinajstić information content (AvgIpc) is 3.14. The van der Waals surface area contributed by atoms with Crippen LogP contribution in [0, 0.1) is 0 Å². The molecule has 0 aliphatic carbocycles. The van der Waals surface area contributed by atoms with E-state index in [1.54, 1.807) is 18.3 Å². The third-order valence-electron chi connectivity index (χ3n) is 4.93. The minimum atomic E-state index is -4.93. The van der Waals surface area contributed by atoms with E-state index in [0.29, 0.717) is 29.7 Å². The molecule has 2 heterocycles. The molecule has 4 rings (SSSR count). The van der Waals surface area contributed by atoms with Crippen molar-refractivity contribution in [3.63, 3.8) is 0 Å². The summed E-state index contributed by atoms with van der Waals surface area (Å²) in [4.78, 5) is 23.6. The molecule has 11 heteroatoms. The minimum absolute atomic E-state index is 0.0482. The van der Waals surface area contributed by atoms with Gasteiger partial charge in [-0.25, -0.2) is 4.68 Å². The largest absolute Gasteiger partial charge is 0.573 e. The molecule has 0 saturated carbocycles. The van der Waals surface area contributed by atoms with Crippen molar-refractivity contribution in [2.45, 2.75) is 12.8 Å². The van der Waals surface area contributed by atoms with Crippen molar-refractivity contribution in [1.29, 1.82) is 0 Å². The van der Waals surface area contributed by atoms with Crippen molar-refractivity contribution in [3.8, 4) is 22.6 Å². The predicted octanol–water partition coefficient (Wildman–Crippen LogP) is 3.43. The van der Waals surface area contributed by atoms with Crippen LogP contribution < -0.4 is 21.1 Å². The summed E-state index contributed by atoms with van der Waals surface area (Å²) in [5, 5.41) is 9.38. The Hall–Kier alpha value is -4.28. The number of nitrogens with two attached hydrogens (primary N) is 1. The number of halogens is 3. The van der Waals surface area contributed by atoms with Gasteiger partial charge in [-0.15, -0.1) is 13.2 Å². The van der Waals surface area contributed by atoms with Crippen LogP contribution in [0.15, 0.2) is 55.3 Å². The molecule has 8 nitrogen and oxygen atoms in total. The Kier molecular flexibility index (Phi) is 5.54. The predicted molar refractivity (Wildman–Crippen MR) is 115 cm³/mol. The quantitative estimate of drug-likeness (QED) is 0.509. The van der Waals surface area contributed by atoms with Gasteiger partial charge in [0.05, 0.1) is 5.69 Å². The molecular formula is C22H18F3N5O3. The number of amides is 2. The van der Waals surface area contributed by atoms with E-state index < -0.39 is 18.0 Å². The molecular weight excluding hydrogens is 439 g/mol. The molecule has 33 heavy (non-hydrogen) atoms. The van der Waals surface area contributed by atoms with E-state index in [1.165, 1.54) is 10.7 Å². The van der Waals surface area contributed by atoms with Crippen LogP contribution in [0.3, 0.4) is 0 Å². The molecule has 1 aliphatic heterocycles. The Balaban J connectivity index is 1.74. The highest BCUT2D eigenvalue weighted by Crippen LogP contribution is 2.32. The Labute approximate surface area is 185 Å². The van der Waals surface area contributed by atoms with Gasteiger partial charge in [-0.3, -0.25) is 9.59 Å². The number of nitrogens with one attached hydrogen (secondary N) is 2. The molecule has 0 atom stereocenters. The fourth-order valence-electron chi connectivity index (χ4n) is 3.51. The fourth-order valence-corrected chi connectivity index (χ4v) is 3.51. The fraction of sp³-hybridized carbons (Fsp3) is 0.136. The van der Waals surface area contributed by atoms with Gasteiger partial charge in [0.1, 0.15) is 5.75 Å². The SMILES string of the molecule is C=CC(=O)Nc1cc(OC(F)(F)F)cc(-n2cc(-c3ccc4c(c3)CCNC4=O)c(N)n2)c1. The topological polar surface area (TPSA) is 111 Å². The summed E-state index contributed by atoms with van der Waals surface area (Å²) in [7, 11) is 0. The maximum Gasteiger partial charge on any atom is 0.573 e. The lowest BCUT2D eigenvalue weighted by atomic mass is 9.96. The second-order valence-corrected chi connectivity index (χ2v) is 7.21. The zero-order valence-corrected chi connectivity index (χ0v) is 17.1. The molecule has 3 aromatic rings. The second kappa shape index (κ2) is 8.34. The van der Waals surface area contributed by atoms with Crippen LogP contribution in [0.2, 0.25) is 0 Å². The molecule has 0 bridgehead atoms. The van der Waals surface area contributed by atoms with Crippen molar-refractivity contribution in [2.24, 2.45) is 0 Å². The molecule has 0 spiro atoms. The lowest BCUT2D eigenvalue weighted by molar-refractivity contribution is -0.274. The summed E-state index contributed by atoms with van der Waals surface area (Å²) in [6, 6.07) is 8.81. The second-order valence-electron chi connectivity index (χ2n) is 7.21. The zero-order chi connectivity index (χ0) is 23.8. The number of benzene rings is 2. The van der Waals surface area contributed by atoms with E-state index in [4.69, 9.17) is 5.73 Å². The highest BCUT2D eigenvalue weighted by Gasteiger charge is 2.31. The van der Waals surface area contributed by atoms with Crippen LogP contribution in [0.1, 0.15) is 15.9 Å². The standard InChI is InChI=1S/C22H18F3N5O3/c1-2-19(31)28-14-8-15(10-16(9-14)33-22(23,24)25)30-11-18(20(26)29-30)12-3-4-17-13(7-12)5-6-27-21(17)32/h2-4,7-11H,1,5-6H2,(H2,26,29)(H,27,32)(H,28,31). The number of carbonyl (C=O) groups is 2. The highest BCUT2D eigenvalue weighted by atomic mass is 19.4. The molecule has 2 amide bonds. The van der Waals surface area contributed by atoms with E-state index in [2.05, 4.69) is 27.0 Å². The van der Waals surface area contributed by atoms with Gasteiger partial charge >= 0.3 is 6.36 Å². The van der Waals surface area contributed by atoms with Crippen LogP contribution in [0.25, 0.3) is 16.8 Å². The van der Waals surface area contributed by atoms with Crippen molar-refractivity contribution < 1.29 is 27.5 Å². The Morgan fingerprint density at radius 2 is 2.03 bits per heavy atom. The number of hydrogen-bond acceptors (Lipinski definition) is 5. The van der Waals surface area contributed by atoms with Crippen LogP contribution in [-0.2, 0) is 11.2 Å². The first-order valence-electron chi connectivity index (χ1n) is 9.74. The van der Waals surface area contributed by atoms with E-state index in [0.717, 1.165) is 23.8 Å². The zero-order valence-electron chi connectivity index (χ0n) is 17.1. The van der Waals surface area contributed by atoms with E-state index in [1.807, 2.05) is 6.07 Å². The molecule has 4 N–H and O–H groups in total. The average molecular weight is 457 g/mol. The Morgan fingerprint density at radius 3 is 2.76 bits per heavy atom. The summed E-state index contributed by atoms with van der Waals surface area (Å²) in [6.07, 6.45) is -1.74. The summed E-state index contributed by atoms with van der Waals surface area (Å²) < 4.78 is 43.7. The number of carbonyl (C=O) groups excluding carboxylic acids is 2. The van der Waals surface area contributed by atoms with E-state index in [9.17, 15) is 22.8 Å². The Bertz CT molecular complexity index is 1270. The van der Waals surface area contributed by atoms with Crippen LogP contribution in [-0.4, -0.2) is 34.5 Å². The molecule has 1 aromatic heterocycles. The number of ether oxygens (including phenoxy) is 1. The monoisotopic (exact) mass is 457 g/mol. The minimum Gasteiger partial charge on any atom is -0.406 e. The third kappa shape index (κ3) is 4.81. The van der Waals surface area contributed by atoms with Gasteiger partial charge < -0.3 is 21.1 Å². The van der Waals surface area contributed by atoms with Crippen molar-refractivity contribution in [2.75, 3.05) is 17.6 Å². The third-order valence-corrected chi connectivity index (χ3v) is 4.93. The summed E-state index contributed by atoms with van der Waals surface area (Å²) >= 11 is 0. The number of anilines is 2.